The molecule has 2 heterocycles. The van der Waals surface area contributed by atoms with Gasteiger partial charge in [0.05, 0.1) is 10.9 Å². The Balaban J connectivity index is 1.69. The first kappa shape index (κ1) is 21.3. The maximum absolute atomic E-state index is 12.9. The molecule has 1 amide bonds. The highest BCUT2D eigenvalue weighted by atomic mass is 32.2. The molecule has 1 aromatic rings. The lowest BCUT2D eigenvalue weighted by Crippen LogP contribution is -2.48. The highest BCUT2D eigenvalue weighted by Crippen LogP contribution is 2.25. The van der Waals surface area contributed by atoms with Crippen molar-refractivity contribution in [3.63, 3.8) is 0 Å². The van der Waals surface area contributed by atoms with E-state index in [9.17, 15) is 13.2 Å². The van der Waals surface area contributed by atoms with Crippen LogP contribution in [0.5, 0.6) is 0 Å². The average molecular weight is 408 g/mol. The Kier molecular flexibility index (Phi) is 6.78. The maximum atomic E-state index is 12.9. The minimum Gasteiger partial charge on any atom is -0.325 e. The smallest absolute Gasteiger partial charge is 0.243 e. The zero-order valence-electron chi connectivity index (χ0n) is 17.2. The van der Waals surface area contributed by atoms with Crippen molar-refractivity contribution >= 4 is 21.6 Å². The topological polar surface area (TPSA) is 69.7 Å². The summed E-state index contributed by atoms with van der Waals surface area (Å²) in [6, 6.07) is 6.39. The van der Waals surface area contributed by atoms with E-state index in [1.165, 1.54) is 6.42 Å². The number of carbonyl (C=O) groups excluding carboxylic acids is 1. The van der Waals surface area contributed by atoms with Crippen molar-refractivity contribution in [2.24, 2.45) is 11.8 Å². The summed E-state index contributed by atoms with van der Waals surface area (Å²) in [4.78, 5) is 15.2. The summed E-state index contributed by atoms with van der Waals surface area (Å²) in [6.45, 7) is 9.35. The van der Waals surface area contributed by atoms with Crippen molar-refractivity contribution in [1.29, 1.82) is 0 Å². The minimum absolute atomic E-state index is 0.0891. The molecule has 3 unspecified atom stereocenters. The van der Waals surface area contributed by atoms with Crippen LogP contribution in [0.3, 0.4) is 0 Å². The molecule has 28 heavy (non-hydrogen) atoms. The normalized spacial score (nSPS) is 26.0. The Morgan fingerprint density at radius 3 is 2.39 bits per heavy atom. The highest BCUT2D eigenvalue weighted by Gasteiger charge is 2.29. The van der Waals surface area contributed by atoms with Crippen LogP contribution in [0.15, 0.2) is 29.2 Å². The largest absolute Gasteiger partial charge is 0.325 e. The molecule has 7 heteroatoms. The zero-order chi connectivity index (χ0) is 20.3. The van der Waals surface area contributed by atoms with Gasteiger partial charge in [-0.15, -0.1) is 0 Å². The molecule has 1 N–H and O–H groups in total. The molecule has 1 aromatic carbocycles. The number of nitrogens with zero attached hydrogens (tertiary/aromatic N) is 2. The molecule has 0 radical (unpaired) electrons. The van der Waals surface area contributed by atoms with Crippen molar-refractivity contribution in [3.8, 4) is 0 Å². The minimum atomic E-state index is -3.50. The monoisotopic (exact) mass is 407 g/mol. The summed E-state index contributed by atoms with van der Waals surface area (Å²) in [6.07, 6.45) is 4.08. The SMILES string of the molecule is CC1CC(C)CN(C(C)C(=O)Nc2cccc(S(=O)(=O)N3CCCCC3)c2)C1. The fourth-order valence-corrected chi connectivity index (χ4v) is 5.99. The Morgan fingerprint density at radius 2 is 1.75 bits per heavy atom. The number of nitrogens with one attached hydrogen (secondary N) is 1. The van der Waals surface area contributed by atoms with Gasteiger partial charge in [-0.05, 0) is 56.2 Å². The molecule has 0 spiro atoms. The van der Waals surface area contributed by atoms with Crippen LogP contribution in [-0.2, 0) is 14.8 Å². The lowest BCUT2D eigenvalue weighted by atomic mass is 9.91. The summed E-state index contributed by atoms with van der Waals surface area (Å²) in [7, 11) is -3.50. The molecule has 0 saturated carbocycles. The van der Waals surface area contributed by atoms with Crippen LogP contribution in [0.4, 0.5) is 5.69 Å². The van der Waals surface area contributed by atoms with Gasteiger partial charge in [-0.3, -0.25) is 9.69 Å². The van der Waals surface area contributed by atoms with E-state index in [2.05, 4.69) is 24.1 Å². The number of likely N-dealkylation sites (tertiary alicyclic amines) is 1. The molecule has 3 rings (SSSR count). The quantitative estimate of drug-likeness (QED) is 0.814. The van der Waals surface area contributed by atoms with E-state index < -0.39 is 10.0 Å². The summed E-state index contributed by atoms with van der Waals surface area (Å²) in [5.41, 5.74) is 0.535. The second-order valence-corrected chi connectivity index (χ2v) is 10.5. The number of amides is 1. The molecule has 3 atom stereocenters. The molecular weight excluding hydrogens is 374 g/mol. The first-order valence-electron chi connectivity index (χ1n) is 10.4. The number of sulfonamides is 1. The van der Waals surface area contributed by atoms with Crippen LogP contribution in [0.1, 0.15) is 46.5 Å². The summed E-state index contributed by atoms with van der Waals surface area (Å²) < 4.78 is 27.3. The number of piperidine rings is 2. The lowest BCUT2D eigenvalue weighted by molar-refractivity contribution is -0.121. The van der Waals surface area contributed by atoms with Crippen molar-refractivity contribution in [2.45, 2.75) is 57.4 Å². The van der Waals surface area contributed by atoms with E-state index in [4.69, 9.17) is 0 Å². The Labute approximate surface area is 169 Å². The van der Waals surface area contributed by atoms with Crippen LogP contribution in [-0.4, -0.2) is 55.8 Å². The van der Waals surface area contributed by atoms with E-state index in [0.29, 0.717) is 30.6 Å². The lowest BCUT2D eigenvalue weighted by Gasteiger charge is -2.38. The second-order valence-electron chi connectivity index (χ2n) is 8.56. The molecule has 2 aliphatic heterocycles. The van der Waals surface area contributed by atoms with Crippen LogP contribution in [0.25, 0.3) is 0 Å². The second kappa shape index (κ2) is 8.93. The van der Waals surface area contributed by atoms with Gasteiger partial charge in [0.1, 0.15) is 0 Å². The number of anilines is 1. The number of rotatable bonds is 5. The predicted octanol–water partition coefficient (Wildman–Crippen LogP) is 3.17. The molecule has 0 bridgehead atoms. The fourth-order valence-electron chi connectivity index (χ4n) is 4.43. The number of hydrogen-bond donors (Lipinski definition) is 1. The van der Waals surface area contributed by atoms with Crippen LogP contribution in [0, 0.1) is 11.8 Å². The van der Waals surface area contributed by atoms with Gasteiger partial charge < -0.3 is 5.32 Å². The van der Waals surface area contributed by atoms with E-state index in [-0.39, 0.29) is 16.8 Å². The van der Waals surface area contributed by atoms with E-state index in [1.54, 1.807) is 28.6 Å². The fraction of sp³-hybridized carbons (Fsp3) is 0.667. The first-order chi connectivity index (χ1) is 13.3. The van der Waals surface area contributed by atoms with Gasteiger partial charge in [-0.25, -0.2) is 8.42 Å². The van der Waals surface area contributed by atoms with Gasteiger partial charge in [0.2, 0.25) is 15.9 Å². The van der Waals surface area contributed by atoms with Crippen LogP contribution >= 0.6 is 0 Å². The molecule has 0 aromatic heterocycles. The summed E-state index contributed by atoms with van der Waals surface area (Å²) in [5, 5.41) is 2.92. The summed E-state index contributed by atoms with van der Waals surface area (Å²) >= 11 is 0. The van der Waals surface area contributed by atoms with E-state index >= 15 is 0 Å². The Hall–Kier alpha value is -1.44. The molecule has 6 nitrogen and oxygen atoms in total. The molecule has 2 fully saturated rings. The molecular formula is C21H33N3O3S. The molecule has 2 aliphatic rings. The third-order valence-electron chi connectivity index (χ3n) is 5.88. The third kappa shape index (κ3) is 4.93. The number of benzene rings is 1. The highest BCUT2D eigenvalue weighted by molar-refractivity contribution is 7.89. The number of carbonyl (C=O) groups is 1. The van der Waals surface area contributed by atoms with Crippen molar-refractivity contribution in [3.05, 3.63) is 24.3 Å². The summed E-state index contributed by atoms with van der Waals surface area (Å²) in [5.74, 6) is 1.07. The van der Waals surface area contributed by atoms with E-state index in [0.717, 1.165) is 32.4 Å². The number of hydrogen-bond acceptors (Lipinski definition) is 4. The van der Waals surface area contributed by atoms with Crippen molar-refractivity contribution in [2.75, 3.05) is 31.5 Å². The van der Waals surface area contributed by atoms with Crippen molar-refractivity contribution < 1.29 is 13.2 Å². The predicted molar refractivity (Wildman–Crippen MR) is 112 cm³/mol. The zero-order valence-corrected chi connectivity index (χ0v) is 18.0. The van der Waals surface area contributed by atoms with Gasteiger partial charge >= 0.3 is 0 Å². The molecule has 0 aliphatic carbocycles. The standard InChI is InChI=1S/C21H33N3O3S/c1-16-12-17(2)15-23(14-16)18(3)21(25)22-19-8-7-9-20(13-19)28(26,27)24-10-5-4-6-11-24/h7-9,13,16-18H,4-6,10-12,14-15H2,1-3H3,(H,22,25). The van der Waals surface area contributed by atoms with Gasteiger partial charge in [0.25, 0.3) is 0 Å². The maximum Gasteiger partial charge on any atom is 0.243 e. The molecule has 156 valence electrons. The average Bonchev–Trinajstić information content (AvgIpc) is 2.67. The molecule has 2 saturated heterocycles. The Morgan fingerprint density at radius 1 is 1.11 bits per heavy atom. The first-order valence-corrected chi connectivity index (χ1v) is 11.9. The van der Waals surface area contributed by atoms with Crippen LogP contribution < -0.4 is 5.32 Å². The van der Waals surface area contributed by atoms with E-state index in [1.807, 2.05) is 6.92 Å². The van der Waals surface area contributed by atoms with Gasteiger partial charge in [-0.2, -0.15) is 4.31 Å². The van der Waals surface area contributed by atoms with Gasteiger partial charge in [-0.1, -0.05) is 26.3 Å². The van der Waals surface area contributed by atoms with Gasteiger partial charge in [0.15, 0.2) is 0 Å². The van der Waals surface area contributed by atoms with Gasteiger partial charge in [0, 0.05) is 31.9 Å². The van der Waals surface area contributed by atoms with Crippen LogP contribution in [0.2, 0.25) is 0 Å². The van der Waals surface area contributed by atoms with Crippen molar-refractivity contribution in [1.82, 2.24) is 9.21 Å². The Bertz CT molecular complexity index is 780. The third-order valence-corrected chi connectivity index (χ3v) is 7.77.